The van der Waals surface area contributed by atoms with Crippen molar-refractivity contribution in [3.05, 3.63) is 35.9 Å². The summed E-state index contributed by atoms with van der Waals surface area (Å²) in [6.45, 7) is 5.59. The Morgan fingerprint density at radius 1 is 1.57 bits per heavy atom. The van der Waals surface area contributed by atoms with E-state index in [2.05, 4.69) is 6.58 Å². The Kier molecular flexibility index (Phi) is 3.29. The van der Waals surface area contributed by atoms with Crippen molar-refractivity contribution in [3.63, 3.8) is 0 Å². The van der Waals surface area contributed by atoms with Gasteiger partial charge in [-0.2, -0.15) is 0 Å². The first kappa shape index (κ1) is 10.3. The Balaban J connectivity index is 3.03. The molecule has 0 atom stereocenters. The fourth-order valence-corrected chi connectivity index (χ4v) is 1.10. The number of hydrogen-bond donors (Lipinski definition) is 1. The van der Waals surface area contributed by atoms with Crippen molar-refractivity contribution in [2.24, 2.45) is 0 Å². The fourth-order valence-electron chi connectivity index (χ4n) is 1.10. The van der Waals surface area contributed by atoms with E-state index < -0.39 is 0 Å². The molecule has 14 heavy (non-hydrogen) atoms. The molecule has 0 unspecified atom stereocenters. The van der Waals surface area contributed by atoms with E-state index in [-0.39, 0.29) is 11.3 Å². The van der Waals surface area contributed by atoms with Crippen molar-refractivity contribution >= 4 is 6.29 Å². The molecule has 1 rings (SSSR count). The highest BCUT2D eigenvalue weighted by atomic mass is 16.5. The first-order chi connectivity index (χ1) is 6.70. The summed E-state index contributed by atoms with van der Waals surface area (Å²) in [4.78, 5) is 10.5. The Bertz CT molecular complexity index is 356. The molecular weight excluding hydrogens is 180 g/mol. The zero-order valence-corrected chi connectivity index (χ0v) is 7.99. The number of benzene rings is 1. The summed E-state index contributed by atoms with van der Waals surface area (Å²) < 4.78 is 5.27. The number of carbonyl (C=O) groups is 1. The summed E-state index contributed by atoms with van der Waals surface area (Å²) in [5, 5.41) is 9.54. The number of aromatic hydroxyl groups is 1. The topological polar surface area (TPSA) is 46.5 Å². The summed E-state index contributed by atoms with van der Waals surface area (Å²) in [6.07, 6.45) is 2.23. The molecule has 1 aromatic rings. The predicted octanol–water partition coefficient (Wildman–Crippen LogP) is 2.08. The van der Waals surface area contributed by atoms with Gasteiger partial charge < -0.3 is 9.84 Å². The molecule has 0 fully saturated rings. The number of ether oxygens (including phenoxy) is 1. The van der Waals surface area contributed by atoms with Gasteiger partial charge in [-0.25, -0.2) is 0 Å². The van der Waals surface area contributed by atoms with Gasteiger partial charge in [-0.15, -0.1) is 0 Å². The third-order valence-corrected chi connectivity index (χ3v) is 1.90. The van der Waals surface area contributed by atoms with Gasteiger partial charge in [0.25, 0.3) is 0 Å². The quantitative estimate of drug-likeness (QED) is 0.586. The molecule has 3 nitrogen and oxygen atoms in total. The van der Waals surface area contributed by atoms with Crippen LogP contribution in [0.4, 0.5) is 0 Å². The second-order valence-electron chi connectivity index (χ2n) is 2.84. The monoisotopic (exact) mass is 192 g/mol. The zero-order chi connectivity index (χ0) is 10.6. The van der Waals surface area contributed by atoms with Crippen LogP contribution in [0.2, 0.25) is 0 Å². The number of rotatable bonds is 4. The molecule has 0 saturated heterocycles. The van der Waals surface area contributed by atoms with Crippen LogP contribution in [0.5, 0.6) is 11.5 Å². The van der Waals surface area contributed by atoms with Gasteiger partial charge in [-0.1, -0.05) is 12.7 Å². The number of aldehydes is 1. The van der Waals surface area contributed by atoms with Gasteiger partial charge in [-0.05, 0) is 19.1 Å². The first-order valence-corrected chi connectivity index (χ1v) is 4.22. The molecule has 0 aliphatic carbocycles. The predicted molar refractivity (Wildman–Crippen MR) is 53.9 cm³/mol. The van der Waals surface area contributed by atoms with E-state index in [0.717, 1.165) is 0 Å². The van der Waals surface area contributed by atoms with Gasteiger partial charge in [0.2, 0.25) is 0 Å². The van der Waals surface area contributed by atoms with E-state index in [4.69, 9.17) is 4.74 Å². The van der Waals surface area contributed by atoms with Crippen LogP contribution < -0.4 is 4.74 Å². The van der Waals surface area contributed by atoms with Gasteiger partial charge in [0.1, 0.15) is 18.1 Å². The van der Waals surface area contributed by atoms with Crippen molar-refractivity contribution < 1.29 is 14.6 Å². The second-order valence-corrected chi connectivity index (χ2v) is 2.84. The van der Waals surface area contributed by atoms with Gasteiger partial charge in [0.05, 0.1) is 5.56 Å². The molecule has 0 aliphatic rings. The molecule has 0 aromatic heterocycles. The molecule has 0 bridgehead atoms. The van der Waals surface area contributed by atoms with Gasteiger partial charge in [0, 0.05) is 5.56 Å². The van der Waals surface area contributed by atoms with Crippen LogP contribution in [-0.4, -0.2) is 18.0 Å². The number of carbonyl (C=O) groups excluding carboxylic acids is 1. The highest BCUT2D eigenvalue weighted by molar-refractivity contribution is 5.80. The lowest BCUT2D eigenvalue weighted by Crippen LogP contribution is -1.96. The van der Waals surface area contributed by atoms with Crippen molar-refractivity contribution in [2.45, 2.75) is 6.92 Å². The van der Waals surface area contributed by atoms with Gasteiger partial charge in [-0.3, -0.25) is 4.79 Å². The lowest BCUT2D eigenvalue weighted by molar-refractivity contribution is 0.112. The SMILES string of the molecule is C=CCOc1ccc(C=O)c(O)c1C. The van der Waals surface area contributed by atoms with E-state index in [1.54, 1.807) is 19.1 Å². The van der Waals surface area contributed by atoms with E-state index >= 15 is 0 Å². The van der Waals surface area contributed by atoms with Gasteiger partial charge >= 0.3 is 0 Å². The lowest BCUT2D eigenvalue weighted by Gasteiger charge is -2.09. The lowest BCUT2D eigenvalue weighted by atomic mass is 10.1. The minimum absolute atomic E-state index is 0.0263. The zero-order valence-electron chi connectivity index (χ0n) is 7.99. The van der Waals surface area contributed by atoms with Crippen LogP contribution >= 0.6 is 0 Å². The molecule has 0 heterocycles. The van der Waals surface area contributed by atoms with E-state index in [1.807, 2.05) is 0 Å². The summed E-state index contributed by atoms with van der Waals surface area (Å²) in [5.74, 6) is 0.537. The number of phenolic OH excluding ortho intramolecular Hbond substituents is 1. The minimum atomic E-state index is -0.0263. The average Bonchev–Trinajstić information content (AvgIpc) is 2.20. The van der Waals surface area contributed by atoms with E-state index in [0.29, 0.717) is 24.2 Å². The molecule has 1 N–H and O–H groups in total. The fraction of sp³-hybridized carbons (Fsp3) is 0.182. The maximum absolute atomic E-state index is 10.5. The highest BCUT2D eigenvalue weighted by Gasteiger charge is 2.08. The molecular formula is C11H12O3. The van der Waals surface area contributed by atoms with Crippen LogP contribution in [0, 0.1) is 6.92 Å². The Hall–Kier alpha value is -1.77. The standard InChI is InChI=1S/C11H12O3/c1-3-6-14-10-5-4-9(7-12)11(13)8(10)2/h3-5,7,13H,1,6H2,2H3. The second kappa shape index (κ2) is 4.46. The third-order valence-electron chi connectivity index (χ3n) is 1.90. The maximum Gasteiger partial charge on any atom is 0.153 e. The van der Waals surface area contributed by atoms with E-state index in [1.165, 1.54) is 6.07 Å². The summed E-state index contributed by atoms with van der Waals surface area (Å²) in [5.41, 5.74) is 0.838. The van der Waals surface area contributed by atoms with Crippen LogP contribution in [0.15, 0.2) is 24.8 Å². The summed E-state index contributed by atoms with van der Waals surface area (Å²) in [7, 11) is 0. The molecule has 0 aliphatic heterocycles. The summed E-state index contributed by atoms with van der Waals surface area (Å²) in [6, 6.07) is 3.18. The average molecular weight is 192 g/mol. The van der Waals surface area contributed by atoms with Crippen molar-refractivity contribution in [3.8, 4) is 11.5 Å². The Morgan fingerprint density at radius 2 is 2.29 bits per heavy atom. The number of hydrogen-bond acceptors (Lipinski definition) is 3. The molecule has 0 amide bonds. The Morgan fingerprint density at radius 3 is 2.86 bits per heavy atom. The molecule has 0 radical (unpaired) electrons. The first-order valence-electron chi connectivity index (χ1n) is 4.22. The summed E-state index contributed by atoms with van der Waals surface area (Å²) >= 11 is 0. The molecule has 0 spiro atoms. The van der Waals surface area contributed by atoms with Crippen LogP contribution in [0.3, 0.4) is 0 Å². The highest BCUT2D eigenvalue weighted by Crippen LogP contribution is 2.29. The van der Waals surface area contributed by atoms with Crippen molar-refractivity contribution in [1.29, 1.82) is 0 Å². The smallest absolute Gasteiger partial charge is 0.153 e. The third kappa shape index (κ3) is 1.93. The van der Waals surface area contributed by atoms with Crippen molar-refractivity contribution in [2.75, 3.05) is 6.61 Å². The molecule has 0 saturated carbocycles. The van der Waals surface area contributed by atoms with E-state index in [9.17, 15) is 9.90 Å². The van der Waals surface area contributed by atoms with Crippen molar-refractivity contribution in [1.82, 2.24) is 0 Å². The van der Waals surface area contributed by atoms with Gasteiger partial charge in [0.15, 0.2) is 6.29 Å². The number of phenols is 1. The normalized spacial score (nSPS) is 9.50. The molecule has 3 heteroatoms. The van der Waals surface area contributed by atoms with Crippen LogP contribution in [0.25, 0.3) is 0 Å². The van der Waals surface area contributed by atoms with Crippen LogP contribution in [0.1, 0.15) is 15.9 Å². The van der Waals surface area contributed by atoms with Crippen LogP contribution in [-0.2, 0) is 0 Å². The minimum Gasteiger partial charge on any atom is -0.507 e. The molecule has 74 valence electrons. The Labute approximate surface area is 82.6 Å². The molecule has 1 aromatic carbocycles. The maximum atomic E-state index is 10.5. The largest absolute Gasteiger partial charge is 0.507 e.